The Labute approximate surface area is 82.1 Å². The minimum absolute atomic E-state index is 0.641. The summed E-state index contributed by atoms with van der Waals surface area (Å²) in [4.78, 5) is 7.72. The van der Waals surface area contributed by atoms with E-state index in [0.717, 1.165) is 5.56 Å². The lowest BCUT2D eigenvalue weighted by Gasteiger charge is -2.09. The van der Waals surface area contributed by atoms with Gasteiger partial charge in [-0.1, -0.05) is 30.3 Å². The van der Waals surface area contributed by atoms with Crippen molar-refractivity contribution in [2.75, 3.05) is 0 Å². The average Bonchev–Trinajstić information content (AvgIpc) is 2.30. The van der Waals surface area contributed by atoms with E-state index in [9.17, 15) is 5.11 Å². The summed E-state index contributed by atoms with van der Waals surface area (Å²) in [5.41, 5.74) is 1.56. The molecular formula is C11H10N2O. The van der Waals surface area contributed by atoms with Gasteiger partial charge in [-0.15, -0.1) is 0 Å². The Bertz CT molecular complexity index is 349. The van der Waals surface area contributed by atoms with Crippen LogP contribution >= 0.6 is 0 Å². The molecule has 14 heavy (non-hydrogen) atoms. The number of benzene rings is 1. The number of aromatic nitrogens is 2. The summed E-state index contributed by atoms with van der Waals surface area (Å²) in [6, 6.07) is 9.44. The maximum Gasteiger partial charge on any atom is 0.115 e. The summed E-state index contributed by atoms with van der Waals surface area (Å²) >= 11 is 0. The molecule has 0 fully saturated rings. The average molecular weight is 186 g/mol. The van der Waals surface area contributed by atoms with Crippen LogP contribution in [0.5, 0.6) is 0 Å². The molecule has 3 heteroatoms. The summed E-state index contributed by atoms with van der Waals surface area (Å²) in [6.45, 7) is 0. The van der Waals surface area contributed by atoms with Crippen molar-refractivity contribution < 1.29 is 5.11 Å². The fourth-order valence-electron chi connectivity index (χ4n) is 1.28. The number of aliphatic hydroxyl groups excluding tert-OH is 1. The quantitative estimate of drug-likeness (QED) is 0.774. The van der Waals surface area contributed by atoms with Gasteiger partial charge in [-0.2, -0.15) is 0 Å². The van der Waals surface area contributed by atoms with Gasteiger partial charge >= 0.3 is 0 Å². The van der Waals surface area contributed by atoms with E-state index in [-0.39, 0.29) is 0 Å². The molecule has 1 atom stereocenters. The van der Waals surface area contributed by atoms with Crippen molar-refractivity contribution in [3.05, 3.63) is 60.2 Å². The first kappa shape index (κ1) is 8.84. The van der Waals surface area contributed by atoms with Crippen molar-refractivity contribution in [1.29, 1.82) is 0 Å². The largest absolute Gasteiger partial charge is 0.384 e. The van der Waals surface area contributed by atoms with Crippen LogP contribution < -0.4 is 0 Å². The van der Waals surface area contributed by atoms with Crippen LogP contribution in [0.3, 0.4) is 0 Å². The molecule has 0 amide bonds. The highest BCUT2D eigenvalue weighted by Crippen LogP contribution is 2.19. The van der Waals surface area contributed by atoms with E-state index in [1.165, 1.54) is 6.33 Å². The van der Waals surface area contributed by atoms with Crippen LogP contribution in [0.2, 0.25) is 0 Å². The van der Waals surface area contributed by atoms with Gasteiger partial charge in [0.1, 0.15) is 12.4 Å². The van der Waals surface area contributed by atoms with Gasteiger partial charge in [-0.3, -0.25) is 0 Å². The normalized spacial score (nSPS) is 12.4. The highest BCUT2D eigenvalue weighted by molar-refractivity contribution is 5.26. The van der Waals surface area contributed by atoms with E-state index in [1.807, 2.05) is 30.3 Å². The maximum atomic E-state index is 9.91. The molecule has 2 rings (SSSR count). The fraction of sp³-hybridized carbons (Fsp3) is 0.0909. The zero-order valence-corrected chi connectivity index (χ0v) is 7.54. The summed E-state index contributed by atoms with van der Waals surface area (Å²) < 4.78 is 0. The second-order valence-electron chi connectivity index (χ2n) is 2.99. The first-order chi connectivity index (χ1) is 6.88. The van der Waals surface area contributed by atoms with Crippen LogP contribution in [0, 0.1) is 0 Å². The van der Waals surface area contributed by atoms with E-state index in [4.69, 9.17) is 0 Å². The van der Waals surface area contributed by atoms with Crippen molar-refractivity contribution in [3.8, 4) is 0 Å². The zero-order valence-electron chi connectivity index (χ0n) is 7.54. The molecule has 0 aliphatic rings. The predicted molar refractivity (Wildman–Crippen MR) is 52.5 cm³/mol. The first-order valence-electron chi connectivity index (χ1n) is 4.36. The molecular weight excluding hydrogens is 176 g/mol. The Kier molecular flexibility index (Phi) is 2.51. The molecule has 0 unspecified atom stereocenters. The summed E-state index contributed by atoms with van der Waals surface area (Å²) in [6.07, 6.45) is 4.04. The smallest absolute Gasteiger partial charge is 0.115 e. The van der Waals surface area contributed by atoms with Crippen LogP contribution in [-0.4, -0.2) is 15.1 Å². The topological polar surface area (TPSA) is 46.0 Å². The fourth-order valence-corrected chi connectivity index (χ4v) is 1.28. The minimum Gasteiger partial charge on any atom is -0.384 e. The van der Waals surface area contributed by atoms with Crippen molar-refractivity contribution in [2.24, 2.45) is 0 Å². The number of nitrogens with zero attached hydrogens (tertiary/aromatic N) is 2. The molecule has 2 aromatic rings. The van der Waals surface area contributed by atoms with E-state index >= 15 is 0 Å². The Morgan fingerprint density at radius 3 is 2.21 bits per heavy atom. The third-order valence-corrected chi connectivity index (χ3v) is 2.01. The molecule has 1 aromatic carbocycles. The lowest BCUT2D eigenvalue weighted by atomic mass is 10.1. The molecule has 0 bridgehead atoms. The number of rotatable bonds is 2. The van der Waals surface area contributed by atoms with E-state index in [0.29, 0.717) is 5.56 Å². The predicted octanol–water partition coefficient (Wildman–Crippen LogP) is 1.56. The van der Waals surface area contributed by atoms with Gasteiger partial charge in [-0.25, -0.2) is 9.97 Å². The molecule has 1 heterocycles. The van der Waals surface area contributed by atoms with Gasteiger partial charge in [0.15, 0.2) is 0 Å². The minimum atomic E-state index is -0.641. The Balaban J connectivity index is 2.30. The Hall–Kier alpha value is -1.74. The van der Waals surface area contributed by atoms with E-state index in [2.05, 4.69) is 9.97 Å². The second kappa shape index (κ2) is 3.98. The monoisotopic (exact) mass is 186 g/mol. The second-order valence-corrected chi connectivity index (χ2v) is 2.99. The Morgan fingerprint density at radius 2 is 1.57 bits per heavy atom. The van der Waals surface area contributed by atoms with Crippen LogP contribution in [0.25, 0.3) is 0 Å². The van der Waals surface area contributed by atoms with E-state index in [1.54, 1.807) is 12.4 Å². The zero-order chi connectivity index (χ0) is 9.80. The van der Waals surface area contributed by atoms with Gasteiger partial charge in [0.2, 0.25) is 0 Å². The van der Waals surface area contributed by atoms with Gasteiger partial charge in [0, 0.05) is 18.0 Å². The number of aliphatic hydroxyl groups is 1. The van der Waals surface area contributed by atoms with Gasteiger partial charge in [-0.05, 0) is 5.56 Å². The molecule has 0 saturated carbocycles. The molecule has 0 aliphatic heterocycles. The van der Waals surface area contributed by atoms with Gasteiger partial charge < -0.3 is 5.11 Å². The third kappa shape index (κ3) is 1.78. The Morgan fingerprint density at radius 1 is 0.929 bits per heavy atom. The first-order valence-corrected chi connectivity index (χ1v) is 4.36. The standard InChI is InChI=1S/C11H10N2O/c14-11(9-4-2-1-3-5-9)10-6-12-8-13-7-10/h1-8,11,14H/t11-/m0/s1. The molecule has 0 saturated heterocycles. The molecule has 0 radical (unpaired) electrons. The molecule has 70 valence electrons. The van der Waals surface area contributed by atoms with Crippen molar-refractivity contribution in [3.63, 3.8) is 0 Å². The SMILES string of the molecule is O[C@@H](c1ccccc1)c1cncnc1. The number of hydrogen-bond donors (Lipinski definition) is 1. The summed E-state index contributed by atoms with van der Waals surface area (Å²) in [5.74, 6) is 0. The van der Waals surface area contributed by atoms with E-state index < -0.39 is 6.10 Å². The molecule has 1 aromatic heterocycles. The van der Waals surface area contributed by atoms with Crippen LogP contribution in [-0.2, 0) is 0 Å². The van der Waals surface area contributed by atoms with Gasteiger partial charge in [0.05, 0.1) is 0 Å². The number of hydrogen-bond acceptors (Lipinski definition) is 3. The lowest BCUT2D eigenvalue weighted by molar-refractivity contribution is 0.219. The molecule has 0 aliphatic carbocycles. The highest BCUT2D eigenvalue weighted by Gasteiger charge is 2.09. The molecule has 3 nitrogen and oxygen atoms in total. The van der Waals surface area contributed by atoms with Crippen molar-refractivity contribution in [1.82, 2.24) is 9.97 Å². The van der Waals surface area contributed by atoms with Crippen molar-refractivity contribution in [2.45, 2.75) is 6.10 Å². The summed E-state index contributed by atoms with van der Waals surface area (Å²) in [5, 5.41) is 9.91. The van der Waals surface area contributed by atoms with Crippen LogP contribution in [0.4, 0.5) is 0 Å². The van der Waals surface area contributed by atoms with Crippen LogP contribution in [0.15, 0.2) is 49.1 Å². The third-order valence-electron chi connectivity index (χ3n) is 2.01. The van der Waals surface area contributed by atoms with Crippen molar-refractivity contribution >= 4 is 0 Å². The lowest BCUT2D eigenvalue weighted by Crippen LogP contribution is -2.00. The maximum absolute atomic E-state index is 9.91. The van der Waals surface area contributed by atoms with Crippen LogP contribution in [0.1, 0.15) is 17.2 Å². The molecule has 0 spiro atoms. The summed E-state index contributed by atoms with van der Waals surface area (Å²) in [7, 11) is 0. The highest BCUT2D eigenvalue weighted by atomic mass is 16.3. The molecule has 1 N–H and O–H groups in total. The van der Waals surface area contributed by atoms with Gasteiger partial charge in [0.25, 0.3) is 0 Å².